The van der Waals surface area contributed by atoms with Crippen molar-refractivity contribution in [2.75, 3.05) is 44.3 Å². The number of thioether (sulfide) groups is 1. The second-order valence-electron chi connectivity index (χ2n) is 2.26. The van der Waals surface area contributed by atoms with Gasteiger partial charge >= 0.3 is 0 Å². The van der Waals surface area contributed by atoms with Crippen LogP contribution in [-0.4, -0.2) is 44.3 Å². The fourth-order valence-electron chi connectivity index (χ4n) is 0.664. The molecule has 0 spiro atoms. The van der Waals surface area contributed by atoms with E-state index in [1.807, 2.05) is 11.8 Å². The van der Waals surface area contributed by atoms with Crippen molar-refractivity contribution in [3.05, 3.63) is 0 Å². The summed E-state index contributed by atoms with van der Waals surface area (Å²) in [5.74, 6) is 2.93. The molecule has 0 fully saturated rings. The molecule has 0 N–H and O–H groups in total. The van der Waals surface area contributed by atoms with Crippen LogP contribution >= 0.6 is 23.4 Å². The fourth-order valence-corrected chi connectivity index (χ4v) is 1.63. The van der Waals surface area contributed by atoms with Crippen LogP contribution < -0.4 is 0 Å². The highest BCUT2D eigenvalue weighted by molar-refractivity contribution is 7.99. The number of hydrogen-bond donors (Lipinski definition) is 0. The third-order valence-electron chi connectivity index (χ3n) is 1.23. The molecule has 0 aromatic carbocycles. The highest BCUT2D eigenvalue weighted by Crippen LogP contribution is 2.02. The molecule has 0 heterocycles. The van der Waals surface area contributed by atoms with Gasteiger partial charge in [-0.2, -0.15) is 11.8 Å². The first-order valence-corrected chi connectivity index (χ1v) is 5.81. The quantitative estimate of drug-likeness (QED) is 0.431. The molecular weight excluding hydrogens is 196 g/mol. The second kappa shape index (κ2) is 11.6. The number of methoxy groups -OCH3 is 1. The average molecular weight is 213 g/mol. The van der Waals surface area contributed by atoms with Gasteiger partial charge in [0.1, 0.15) is 0 Å². The highest BCUT2D eigenvalue weighted by atomic mass is 35.5. The SMILES string of the molecule is COCCOCCCSCCCl. The minimum absolute atomic E-state index is 0.689. The maximum Gasteiger partial charge on any atom is 0.0700 e. The number of ether oxygens (including phenoxy) is 2. The van der Waals surface area contributed by atoms with E-state index in [2.05, 4.69) is 0 Å². The molecule has 0 aromatic rings. The lowest BCUT2D eigenvalue weighted by atomic mass is 10.5. The van der Waals surface area contributed by atoms with Gasteiger partial charge in [0.05, 0.1) is 13.2 Å². The Bertz CT molecular complexity index is 73.5. The van der Waals surface area contributed by atoms with E-state index < -0.39 is 0 Å². The molecule has 0 saturated heterocycles. The van der Waals surface area contributed by atoms with Crippen molar-refractivity contribution in [1.82, 2.24) is 0 Å². The van der Waals surface area contributed by atoms with Crippen LogP contribution in [0.5, 0.6) is 0 Å². The number of halogens is 1. The molecule has 4 heteroatoms. The van der Waals surface area contributed by atoms with Crippen molar-refractivity contribution in [1.29, 1.82) is 0 Å². The molecule has 0 aliphatic carbocycles. The van der Waals surface area contributed by atoms with Crippen LogP contribution in [0, 0.1) is 0 Å². The molecule has 0 radical (unpaired) electrons. The van der Waals surface area contributed by atoms with Gasteiger partial charge in [-0.1, -0.05) is 0 Å². The molecular formula is C8H17ClO2S. The summed E-state index contributed by atoms with van der Waals surface area (Å²) < 4.78 is 10.1. The van der Waals surface area contributed by atoms with Crippen molar-refractivity contribution in [3.63, 3.8) is 0 Å². The molecule has 0 unspecified atom stereocenters. The summed E-state index contributed by atoms with van der Waals surface area (Å²) in [4.78, 5) is 0. The minimum atomic E-state index is 0.689. The Balaban J connectivity index is 2.73. The predicted molar refractivity (Wildman–Crippen MR) is 55.4 cm³/mol. The van der Waals surface area contributed by atoms with Crippen molar-refractivity contribution >= 4 is 23.4 Å². The first kappa shape index (κ1) is 12.6. The Morgan fingerprint density at radius 3 is 2.67 bits per heavy atom. The minimum Gasteiger partial charge on any atom is -0.382 e. The van der Waals surface area contributed by atoms with Crippen LogP contribution in [0.25, 0.3) is 0 Å². The Kier molecular flexibility index (Phi) is 12.1. The van der Waals surface area contributed by atoms with Crippen LogP contribution in [0.2, 0.25) is 0 Å². The fraction of sp³-hybridized carbons (Fsp3) is 1.00. The van der Waals surface area contributed by atoms with Gasteiger partial charge in [0.15, 0.2) is 0 Å². The molecule has 0 aromatic heterocycles. The van der Waals surface area contributed by atoms with E-state index in [1.165, 1.54) is 0 Å². The van der Waals surface area contributed by atoms with E-state index in [0.29, 0.717) is 13.2 Å². The molecule has 12 heavy (non-hydrogen) atoms. The maximum atomic E-state index is 5.51. The third-order valence-corrected chi connectivity index (χ3v) is 2.71. The summed E-state index contributed by atoms with van der Waals surface area (Å²) in [5.41, 5.74) is 0. The number of rotatable bonds is 9. The lowest BCUT2D eigenvalue weighted by Crippen LogP contribution is -2.03. The van der Waals surface area contributed by atoms with Crippen LogP contribution in [0.4, 0.5) is 0 Å². The van der Waals surface area contributed by atoms with Crippen LogP contribution in [0.3, 0.4) is 0 Å². The van der Waals surface area contributed by atoms with Gasteiger partial charge in [-0.05, 0) is 12.2 Å². The van der Waals surface area contributed by atoms with Gasteiger partial charge < -0.3 is 9.47 Å². The van der Waals surface area contributed by atoms with E-state index in [0.717, 1.165) is 30.4 Å². The summed E-state index contributed by atoms with van der Waals surface area (Å²) in [6.45, 7) is 2.23. The zero-order chi connectivity index (χ0) is 9.07. The molecule has 0 atom stereocenters. The van der Waals surface area contributed by atoms with Crippen molar-refractivity contribution in [3.8, 4) is 0 Å². The standard InChI is InChI=1S/C8H17ClO2S/c1-10-5-6-11-4-2-7-12-8-3-9/h2-8H2,1H3. The molecule has 0 rings (SSSR count). The molecule has 0 aliphatic heterocycles. The van der Waals surface area contributed by atoms with Crippen molar-refractivity contribution in [2.24, 2.45) is 0 Å². The summed E-state index contributed by atoms with van der Waals surface area (Å²) in [5, 5.41) is 0. The molecule has 0 amide bonds. The molecule has 2 nitrogen and oxygen atoms in total. The average Bonchev–Trinajstić information content (AvgIpc) is 2.10. The normalized spacial score (nSPS) is 10.5. The summed E-state index contributed by atoms with van der Waals surface area (Å²) in [6, 6.07) is 0. The van der Waals surface area contributed by atoms with E-state index in [1.54, 1.807) is 7.11 Å². The topological polar surface area (TPSA) is 18.5 Å². The summed E-state index contributed by atoms with van der Waals surface area (Å²) in [7, 11) is 1.68. The van der Waals surface area contributed by atoms with E-state index >= 15 is 0 Å². The second-order valence-corrected chi connectivity index (χ2v) is 3.86. The maximum absolute atomic E-state index is 5.51. The number of hydrogen-bond acceptors (Lipinski definition) is 3. The van der Waals surface area contributed by atoms with E-state index in [9.17, 15) is 0 Å². The Morgan fingerprint density at radius 2 is 2.00 bits per heavy atom. The van der Waals surface area contributed by atoms with E-state index in [-0.39, 0.29) is 0 Å². The zero-order valence-electron chi connectivity index (χ0n) is 7.55. The van der Waals surface area contributed by atoms with Crippen LogP contribution in [0.1, 0.15) is 6.42 Å². The third kappa shape index (κ3) is 10.6. The smallest absolute Gasteiger partial charge is 0.0700 e. The molecule has 74 valence electrons. The lowest BCUT2D eigenvalue weighted by Gasteiger charge is -2.02. The highest BCUT2D eigenvalue weighted by Gasteiger charge is 1.89. The molecule has 0 saturated carbocycles. The zero-order valence-corrected chi connectivity index (χ0v) is 9.12. The first-order chi connectivity index (χ1) is 5.91. The van der Waals surface area contributed by atoms with Crippen molar-refractivity contribution < 1.29 is 9.47 Å². The predicted octanol–water partition coefficient (Wildman–Crippen LogP) is 2.01. The van der Waals surface area contributed by atoms with Gasteiger partial charge in [0, 0.05) is 25.3 Å². The van der Waals surface area contributed by atoms with Gasteiger partial charge in [0.2, 0.25) is 0 Å². The van der Waals surface area contributed by atoms with E-state index in [4.69, 9.17) is 21.1 Å². The molecule has 0 bridgehead atoms. The summed E-state index contributed by atoms with van der Waals surface area (Å²) >= 11 is 7.39. The Hall–Kier alpha value is 0.560. The first-order valence-electron chi connectivity index (χ1n) is 4.12. The van der Waals surface area contributed by atoms with Gasteiger partial charge in [-0.3, -0.25) is 0 Å². The van der Waals surface area contributed by atoms with Crippen LogP contribution in [-0.2, 0) is 9.47 Å². The largest absolute Gasteiger partial charge is 0.382 e. The van der Waals surface area contributed by atoms with Gasteiger partial charge in [-0.25, -0.2) is 0 Å². The monoisotopic (exact) mass is 212 g/mol. The Morgan fingerprint density at radius 1 is 1.17 bits per heavy atom. The lowest BCUT2D eigenvalue weighted by molar-refractivity contribution is 0.0713. The number of alkyl halides is 1. The van der Waals surface area contributed by atoms with Gasteiger partial charge in [-0.15, -0.1) is 11.6 Å². The summed E-state index contributed by atoms with van der Waals surface area (Å²) in [6.07, 6.45) is 1.10. The Labute approximate surface area is 83.9 Å². The van der Waals surface area contributed by atoms with Crippen molar-refractivity contribution in [2.45, 2.75) is 6.42 Å². The van der Waals surface area contributed by atoms with Crippen LogP contribution in [0.15, 0.2) is 0 Å². The van der Waals surface area contributed by atoms with Gasteiger partial charge in [0.25, 0.3) is 0 Å². The molecule has 0 aliphatic rings.